The van der Waals surface area contributed by atoms with E-state index in [0.717, 1.165) is 17.2 Å². The van der Waals surface area contributed by atoms with E-state index in [1.165, 1.54) is 4.88 Å². The minimum atomic E-state index is 0.325. The van der Waals surface area contributed by atoms with Crippen molar-refractivity contribution in [1.82, 2.24) is 4.98 Å². The summed E-state index contributed by atoms with van der Waals surface area (Å²) >= 11 is 1.77. The predicted molar refractivity (Wildman–Crippen MR) is 74.5 cm³/mol. The first-order valence-corrected chi connectivity index (χ1v) is 6.47. The molecule has 0 saturated heterocycles. The van der Waals surface area contributed by atoms with Gasteiger partial charge in [-0.2, -0.15) is 0 Å². The van der Waals surface area contributed by atoms with Crippen LogP contribution in [0.2, 0.25) is 0 Å². The highest BCUT2D eigenvalue weighted by atomic mass is 32.1. The van der Waals surface area contributed by atoms with Gasteiger partial charge in [-0.1, -0.05) is 6.07 Å². The third kappa shape index (κ3) is 2.42. The summed E-state index contributed by atoms with van der Waals surface area (Å²) < 4.78 is 0. The van der Waals surface area contributed by atoms with Gasteiger partial charge in [-0.15, -0.1) is 11.3 Å². The lowest BCUT2D eigenvalue weighted by Gasteiger charge is -2.25. The smallest absolute Gasteiger partial charge is 0.129 e. The van der Waals surface area contributed by atoms with Crippen molar-refractivity contribution in [2.24, 2.45) is 0 Å². The van der Waals surface area contributed by atoms with E-state index in [2.05, 4.69) is 41.4 Å². The Labute approximate surface area is 106 Å². The van der Waals surface area contributed by atoms with E-state index in [9.17, 15) is 0 Å². The van der Waals surface area contributed by atoms with Crippen LogP contribution in [0.25, 0.3) is 0 Å². The number of nitrogens with two attached hydrogens (primary N) is 1. The number of hydrogen-bond acceptors (Lipinski definition) is 4. The first kappa shape index (κ1) is 11.9. The molecule has 0 saturated carbocycles. The molecule has 0 aliphatic heterocycles. The zero-order valence-electron chi connectivity index (χ0n) is 10.3. The third-order valence-corrected chi connectivity index (χ3v) is 4.05. The quantitative estimate of drug-likeness (QED) is 0.905. The Morgan fingerprint density at radius 3 is 2.71 bits per heavy atom. The average molecular weight is 247 g/mol. The van der Waals surface area contributed by atoms with Gasteiger partial charge in [-0.25, -0.2) is 4.98 Å². The Kier molecular flexibility index (Phi) is 3.33. The lowest BCUT2D eigenvalue weighted by Crippen LogP contribution is -2.22. The molecule has 2 N–H and O–H groups in total. The van der Waals surface area contributed by atoms with E-state index in [-0.39, 0.29) is 0 Å². The molecule has 4 heteroatoms. The average Bonchev–Trinajstić information content (AvgIpc) is 2.84. The third-order valence-electron chi connectivity index (χ3n) is 3.01. The number of aromatic nitrogens is 1. The van der Waals surface area contributed by atoms with Crippen LogP contribution >= 0.6 is 11.3 Å². The second kappa shape index (κ2) is 4.75. The summed E-state index contributed by atoms with van der Waals surface area (Å²) in [5, 5.41) is 2.10. The van der Waals surface area contributed by atoms with Crippen molar-refractivity contribution in [3.63, 3.8) is 0 Å². The number of nitrogen functional groups attached to an aromatic ring is 1. The Bertz CT molecular complexity index is 493. The van der Waals surface area contributed by atoms with Crippen molar-refractivity contribution in [3.8, 4) is 0 Å². The Morgan fingerprint density at radius 1 is 1.35 bits per heavy atom. The van der Waals surface area contributed by atoms with Crippen molar-refractivity contribution in [2.45, 2.75) is 19.9 Å². The van der Waals surface area contributed by atoms with E-state index < -0.39 is 0 Å². The molecule has 3 nitrogen and oxygen atoms in total. The maximum Gasteiger partial charge on any atom is 0.129 e. The largest absolute Gasteiger partial charge is 0.397 e. The first-order chi connectivity index (χ1) is 8.09. The predicted octanol–water partition coefficient (Wildman–Crippen LogP) is 3.23. The molecule has 2 heterocycles. The molecule has 1 unspecified atom stereocenters. The molecule has 90 valence electrons. The van der Waals surface area contributed by atoms with Gasteiger partial charge < -0.3 is 10.6 Å². The maximum absolute atomic E-state index is 5.78. The molecule has 2 aromatic rings. The molecule has 0 aromatic carbocycles. The van der Waals surface area contributed by atoms with E-state index >= 15 is 0 Å². The molecule has 0 radical (unpaired) electrons. The minimum Gasteiger partial charge on any atom is -0.397 e. The molecule has 17 heavy (non-hydrogen) atoms. The van der Waals surface area contributed by atoms with Crippen LogP contribution in [-0.4, -0.2) is 12.0 Å². The van der Waals surface area contributed by atoms with Gasteiger partial charge >= 0.3 is 0 Å². The second-order valence-electron chi connectivity index (χ2n) is 4.15. The monoisotopic (exact) mass is 247 g/mol. The molecule has 2 rings (SSSR count). The van der Waals surface area contributed by atoms with E-state index in [1.54, 1.807) is 11.3 Å². The highest BCUT2D eigenvalue weighted by Gasteiger charge is 2.14. The fraction of sp³-hybridized carbons (Fsp3) is 0.308. The molecule has 2 aromatic heterocycles. The molecule has 0 spiro atoms. The number of thiophene rings is 1. The zero-order valence-corrected chi connectivity index (χ0v) is 11.2. The Balaban J connectivity index is 2.24. The number of aryl methyl sites for hydroxylation is 1. The SMILES string of the molecule is Cc1nc(N(C)C(C)c2cccs2)ccc1N. The minimum absolute atomic E-state index is 0.325. The van der Waals surface area contributed by atoms with Crippen LogP contribution in [0, 0.1) is 6.92 Å². The summed E-state index contributed by atoms with van der Waals surface area (Å²) in [6, 6.07) is 8.43. The van der Waals surface area contributed by atoms with E-state index in [1.807, 2.05) is 19.1 Å². The van der Waals surface area contributed by atoms with Gasteiger partial charge in [-0.3, -0.25) is 0 Å². The number of anilines is 2. The van der Waals surface area contributed by atoms with Gasteiger partial charge in [0.15, 0.2) is 0 Å². The molecular weight excluding hydrogens is 230 g/mol. The van der Waals surface area contributed by atoms with Crippen LogP contribution in [0.4, 0.5) is 11.5 Å². The number of hydrogen-bond donors (Lipinski definition) is 1. The van der Waals surface area contributed by atoms with Gasteiger partial charge in [0, 0.05) is 11.9 Å². The summed E-state index contributed by atoms with van der Waals surface area (Å²) in [5.41, 5.74) is 7.40. The lowest BCUT2D eigenvalue weighted by molar-refractivity contribution is 0.741. The summed E-state index contributed by atoms with van der Waals surface area (Å²) in [6.07, 6.45) is 0. The fourth-order valence-electron chi connectivity index (χ4n) is 1.67. The van der Waals surface area contributed by atoms with Crippen molar-refractivity contribution in [1.29, 1.82) is 0 Å². The molecule has 0 amide bonds. The van der Waals surface area contributed by atoms with Crippen LogP contribution in [0.15, 0.2) is 29.6 Å². The van der Waals surface area contributed by atoms with Crippen molar-refractivity contribution in [3.05, 3.63) is 40.2 Å². The summed E-state index contributed by atoms with van der Waals surface area (Å²) in [5.74, 6) is 0.956. The van der Waals surface area contributed by atoms with Crippen molar-refractivity contribution in [2.75, 3.05) is 17.7 Å². The normalized spacial score (nSPS) is 12.4. The number of nitrogens with zero attached hydrogens (tertiary/aromatic N) is 2. The van der Waals surface area contributed by atoms with E-state index in [0.29, 0.717) is 6.04 Å². The summed E-state index contributed by atoms with van der Waals surface area (Å²) in [4.78, 5) is 8.01. The highest BCUT2D eigenvalue weighted by Crippen LogP contribution is 2.27. The zero-order chi connectivity index (χ0) is 12.4. The van der Waals surface area contributed by atoms with Crippen LogP contribution in [0.3, 0.4) is 0 Å². The summed E-state index contributed by atoms with van der Waals surface area (Å²) in [6.45, 7) is 4.11. The van der Waals surface area contributed by atoms with Gasteiger partial charge in [0.2, 0.25) is 0 Å². The van der Waals surface area contributed by atoms with Gasteiger partial charge in [0.1, 0.15) is 5.82 Å². The number of pyridine rings is 1. The molecule has 0 aliphatic rings. The second-order valence-corrected chi connectivity index (χ2v) is 5.13. The first-order valence-electron chi connectivity index (χ1n) is 5.59. The van der Waals surface area contributed by atoms with Crippen LogP contribution in [0.5, 0.6) is 0 Å². The fourth-order valence-corrected chi connectivity index (χ4v) is 2.50. The molecule has 0 fully saturated rings. The van der Waals surface area contributed by atoms with Crippen molar-refractivity contribution >= 4 is 22.8 Å². The summed E-state index contributed by atoms with van der Waals surface area (Å²) in [7, 11) is 2.06. The highest BCUT2D eigenvalue weighted by molar-refractivity contribution is 7.10. The van der Waals surface area contributed by atoms with Gasteiger partial charge in [0.25, 0.3) is 0 Å². The maximum atomic E-state index is 5.78. The Hall–Kier alpha value is -1.55. The Morgan fingerprint density at radius 2 is 2.12 bits per heavy atom. The topological polar surface area (TPSA) is 42.2 Å². The molecular formula is C13H17N3S. The van der Waals surface area contributed by atoms with Gasteiger partial charge in [-0.05, 0) is 37.4 Å². The molecule has 1 atom stereocenters. The lowest BCUT2D eigenvalue weighted by atomic mass is 10.2. The van der Waals surface area contributed by atoms with E-state index in [4.69, 9.17) is 5.73 Å². The number of rotatable bonds is 3. The van der Waals surface area contributed by atoms with Crippen LogP contribution in [-0.2, 0) is 0 Å². The molecule has 0 bridgehead atoms. The van der Waals surface area contributed by atoms with Crippen LogP contribution < -0.4 is 10.6 Å². The van der Waals surface area contributed by atoms with Crippen LogP contribution in [0.1, 0.15) is 23.5 Å². The molecule has 0 aliphatic carbocycles. The van der Waals surface area contributed by atoms with Crippen molar-refractivity contribution < 1.29 is 0 Å². The van der Waals surface area contributed by atoms with Gasteiger partial charge in [0.05, 0.1) is 17.4 Å². The standard InChI is InChI=1S/C13H17N3S/c1-9-11(14)6-7-13(15-9)16(3)10(2)12-5-4-8-17-12/h4-8,10H,14H2,1-3H3.